The van der Waals surface area contributed by atoms with Crippen LogP contribution in [-0.2, 0) is 4.79 Å². The van der Waals surface area contributed by atoms with Crippen molar-refractivity contribution in [1.29, 1.82) is 0 Å². The first-order chi connectivity index (χ1) is 13.2. The van der Waals surface area contributed by atoms with Crippen molar-refractivity contribution in [2.75, 3.05) is 13.1 Å². The molecule has 2 aromatic heterocycles. The summed E-state index contributed by atoms with van der Waals surface area (Å²) in [5.74, 6) is 1.23. The third-order valence-corrected chi connectivity index (χ3v) is 5.78. The van der Waals surface area contributed by atoms with E-state index in [0.717, 1.165) is 42.8 Å². The summed E-state index contributed by atoms with van der Waals surface area (Å²) >= 11 is 1.31. The molecule has 0 spiro atoms. The van der Waals surface area contributed by atoms with Crippen molar-refractivity contribution in [2.45, 2.75) is 36.7 Å². The number of piperidine rings is 1. The number of hydrogen-bond acceptors (Lipinski definition) is 6. The van der Waals surface area contributed by atoms with Crippen LogP contribution in [0.1, 0.15) is 35.8 Å². The van der Waals surface area contributed by atoms with Gasteiger partial charge < -0.3 is 13.7 Å². The molecule has 0 bridgehead atoms. The Balaban J connectivity index is 1.59. The number of furan rings is 1. The predicted molar refractivity (Wildman–Crippen MR) is 102 cm³/mol. The normalized spacial score (nSPS) is 15.7. The number of thioether (sulfide) groups is 1. The van der Waals surface area contributed by atoms with Crippen molar-refractivity contribution in [3.05, 3.63) is 54.0 Å². The molecule has 1 fully saturated rings. The monoisotopic (exact) mass is 383 g/mol. The molecule has 3 aromatic rings. The largest absolute Gasteiger partial charge is 0.469 e. The lowest BCUT2D eigenvalue weighted by Gasteiger charge is -2.29. The molecule has 1 amide bonds. The Morgan fingerprint density at radius 2 is 1.89 bits per heavy atom. The average Bonchev–Trinajstić information content (AvgIpc) is 3.35. The van der Waals surface area contributed by atoms with Gasteiger partial charge in [0, 0.05) is 13.1 Å². The van der Waals surface area contributed by atoms with E-state index in [2.05, 4.69) is 10.2 Å². The van der Waals surface area contributed by atoms with Crippen LogP contribution in [0.5, 0.6) is 0 Å². The van der Waals surface area contributed by atoms with Gasteiger partial charge in [0.1, 0.15) is 11.0 Å². The second kappa shape index (κ2) is 8.00. The summed E-state index contributed by atoms with van der Waals surface area (Å²) in [6.07, 6.45) is 4.89. The standard InChI is InChI=1S/C20H21N3O3S/c1-14-16(10-13-25-14)18-21-22-20(26-18)27-17(15-8-4-2-5-9-15)19(24)23-11-6-3-7-12-23/h2,4-5,8-10,13,17H,3,6-7,11-12H2,1H3. The molecule has 1 aromatic carbocycles. The predicted octanol–water partition coefficient (Wildman–Crippen LogP) is 4.48. The molecule has 4 rings (SSSR count). The van der Waals surface area contributed by atoms with E-state index >= 15 is 0 Å². The van der Waals surface area contributed by atoms with Crippen LogP contribution in [0.25, 0.3) is 11.5 Å². The van der Waals surface area contributed by atoms with E-state index < -0.39 is 5.25 Å². The van der Waals surface area contributed by atoms with Crippen molar-refractivity contribution >= 4 is 17.7 Å². The number of rotatable bonds is 5. The maximum atomic E-state index is 13.2. The lowest BCUT2D eigenvalue weighted by Crippen LogP contribution is -2.38. The zero-order valence-corrected chi connectivity index (χ0v) is 15.9. The van der Waals surface area contributed by atoms with Crippen LogP contribution in [-0.4, -0.2) is 34.1 Å². The number of carbonyl (C=O) groups excluding carboxylic acids is 1. The van der Waals surface area contributed by atoms with E-state index in [-0.39, 0.29) is 5.91 Å². The van der Waals surface area contributed by atoms with Crippen molar-refractivity contribution in [1.82, 2.24) is 15.1 Å². The minimum atomic E-state index is -0.400. The Kier molecular flexibility index (Phi) is 5.29. The summed E-state index contributed by atoms with van der Waals surface area (Å²) in [5.41, 5.74) is 1.71. The Labute approximate surface area is 162 Å². The maximum absolute atomic E-state index is 13.2. The molecule has 1 atom stereocenters. The number of benzene rings is 1. The highest BCUT2D eigenvalue weighted by molar-refractivity contribution is 8.00. The lowest BCUT2D eigenvalue weighted by atomic mass is 10.1. The Hall–Kier alpha value is -2.54. The minimum absolute atomic E-state index is 0.102. The Bertz CT molecular complexity index is 900. The molecule has 1 unspecified atom stereocenters. The first kappa shape index (κ1) is 17.9. The van der Waals surface area contributed by atoms with Gasteiger partial charge in [0.05, 0.1) is 11.8 Å². The maximum Gasteiger partial charge on any atom is 0.277 e. The van der Waals surface area contributed by atoms with Crippen molar-refractivity contribution < 1.29 is 13.6 Å². The molecule has 0 saturated carbocycles. The van der Waals surface area contributed by atoms with Gasteiger partial charge in [0.25, 0.3) is 11.1 Å². The molecule has 0 aliphatic carbocycles. The van der Waals surface area contributed by atoms with Gasteiger partial charge in [-0.05, 0) is 49.6 Å². The average molecular weight is 383 g/mol. The third kappa shape index (κ3) is 3.93. The molecule has 7 heteroatoms. The van der Waals surface area contributed by atoms with Gasteiger partial charge in [0.2, 0.25) is 5.91 Å². The number of likely N-dealkylation sites (tertiary alicyclic amines) is 1. The lowest BCUT2D eigenvalue weighted by molar-refractivity contribution is -0.131. The fourth-order valence-corrected chi connectivity index (χ4v) is 4.20. The van der Waals surface area contributed by atoms with Crippen molar-refractivity contribution in [2.24, 2.45) is 0 Å². The van der Waals surface area contributed by atoms with Gasteiger partial charge >= 0.3 is 0 Å². The number of nitrogens with zero attached hydrogens (tertiary/aromatic N) is 3. The molecule has 0 radical (unpaired) electrons. The highest BCUT2D eigenvalue weighted by atomic mass is 32.2. The van der Waals surface area contributed by atoms with Crippen LogP contribution in [0, 0.1) is 6.92 Å². The van der Waals surface area contributed by atoms with E-state index in [1.165, 1.54) is 18.2 Å². The fraction of sp³-hybridized carbons (Fsp3) is 0.350. The highest BCUT2D eigenvalue weighted by Gasteiger charge is 2.30. The highest BCUT2D eigenvalue weighted by Crippen LogP contribution is 2.38. The number of aromatic nitrogens is 2. The molecule has 0 N–H and O–H groups in total. The summed E-state index contributed by atoms with van der Waals surface area (Å²) in [4.78, 5) is 15.1. The van der Waals surface area contributed by atoms with Crippen LogP contribution < -0.4 is 0 Å². The van der Waals surface area contributed by atoms with Gasteiger partial charge in [-0.2, -0.15) is 0 Å². The fourth-order valence-electron chi connectivity index (χ4n) is 3.24. The van der Waals surface area contributed by atoms with Crippen LogP contribution in [0.3, 0.4) is 0 Å². The van der Waals surface area contributed by atoms with Crippen LogP contribution >= 0.6 is 11.8 Å². The Morgan fingerprint density at radius 3 is 2.59 bits per heavy atom. The van der Waals surface area contributed by atoms with Gasteiger partial charge in [-0.25, -0.2) is 0 Å². The smallest absolute Gasteiger partial charge is 0.277 e. The molecule has 1 aliphatic rings. The first-order valence-electron chi connectivity index (χ1n) is 9.11. The van der Waals surface area contributed by atoms with Crippen LogP contribution in [0.15, 0.2) is 56.7 Å². The minimum Gasteiger partial charge on any atom is -0.469 e. The van der Waals surface area contributed by atoms with Gasteiger partial charge in [-0.3, -0.25) is 4.79 Å². The molecule has 1 saturated heterocycles. The number of amides is 1. The second-order valence-corrected chi connectivity index (χ2v) is 7.61. The van der Waals surface area contributed by atoms with E-state index in [1.54, 1.807) is 12.3 Å². The van der Waals surface area contributed by atoms with Gasteiger partial charge in [-0.1, -0.05) is 30.3 Å². The molecular formula is C20H21N3O3S. The molecule has 140 valence electrons. The number of aryl methyl sites for hydroxylation is 1. The summed E-state index contributed by atoms with van der Waals surface area (Å²) in [5, 5.41) is 8.24. The van der Waals surface area contributed by atoms with E-state index in [1.807, 2.05) is 42.2 Å². The van der Waals surface area contributed by atoms with Crippen LogP contribution in [0.4, 0.5) is 0 Å². The quantitative estimate of drug-likeness (QED) is 0.605. The molecule has 1 aliphatic heterocycles. The zero-order valence-electron chi connectivity index (χ0n) is 15.1. The number of hydrogen-bond donors (Lipinski definition) is 0. The first-order valence-corrected chi connectivity index (χ1v) is 9.98. The van der Waals surface area contributed by atoms with Crippen molar-refractivity contribution in [3.8, 4) is 11.5 Å². The SMILES string of the molecule is Cc1occc1-c1nnc(SC(C(=O)N2CCCCC2)c2ccccc2)o1. The molecule has 27 heavy (non-hydrogen) atoms. The van der Waals surface area contributed by atoms with E-state index in [0.29, 0.717) is 11.1 Å². The Morgan fingerprint density at radius 1 is 1.11 bits per heavy atom. The van der Waals surface area contributed by atoms with Gasteiger partial charge in [-0.15, -0.1) is 10.2 Å². The summed E-state index contributed by atoms with van der Waals surface area (Å²) < 4.78 is 11.1. The molecule has 3 heterocycles. The van der Waals surface area contributed by atoms with Crippen molar-refractivity contribution in [3.63, 3.8) is 0 Å². The molecule has 6 nitrogen and oxygen atoms in total. The van der Waals surface area contributed by atoms with Crippen LogP contribution in [0.2, 0.25) is 0 Å². The summed E-state index contributed by atoms with van der Waals surface area (Å²) in [6, 6.07) is 11.6. The third-order valence-electron chi connectivity index (χ3n) is 4.71. The van der Waals surface area contributed by atoms with E-state index in [4.69, 9.17) is 8.83 Å². The van der Waals surface area contributed by atoms with E-state index in [9.17, 15) is 4.79 Å². The number of carbonyl (C=O) groups is 1. The second-order valence-electron chi connectivity index (χ2n) is 6.56. The zero-order chi connectivity index (χ0) is 18.6. The topological polar surface area (TPSA) is 72.4 Å². The summed E-state index contributed by atoms with van der Waals surface area (Å²) in [6.45, 7) is 3.47. The molecular weight excluding hydrogens is 362 g/mol. The summed E-state index contributed by atoms with van der Waals surface area (Å²) in [7, 11) is 0. The van der Waals surface area contributed by atoms with Gasteiger partial charge in [0.15, 0.2) is 0 Å².